The number of hydrogen-bond donors (Lipinski definition) is 1. The van der Waals surface area contributed by atoms with Crippen LogP contribution in [0.3, 0.4) is 0 Å². The maximum Gasteiger partial charge on any atom is 0.230 e. The van der Waals surface area contributed by atoms with E-state index in [1.165, 1.54) is 13.2 Å². The topological polar surface area (TPSA) is 85.5 Å². The zero-order chi connectivity index (χ0) is 21.8. The molecular formula is C22H26FN5O3. The summed E-state index contributed by atoms with van der Waals surface area (Å²) in [5, 5.41) is 7.03. The third kappa shape index (κ3) is 4.46. The summed E-state index contributed by atoms with van der Waals surface area (Å²) < 4.78 is 30.4. The number of anilines is 3. The molecule has 2 atom stereocenters. The maximum absolute atomic E-state index is 14.3. The van der Waals surface area contributed by atoms with Crippen LogP contribution in [0.25, 0.3) is 11.3 Å². The first-order valence-electron chi connectivity index (χ1n) is 10.5. The van der Waals surface area contributed by atoms with Gasteiger partial charge < -0.3 is 24.2 Å². The minimum absolute atomic E-state index is 0.247. The summed E-state index contributed by atoms with van der Waals surface area (Å²) in [5.41, 5.74) is 0.711. The summed E-state index contributed by atoms with van der Waals surface area (Å²) >= 11 is 0. The van der Waals surface area contributed by atoms with E-state index in [0.717, 1.165) is 19.4 Å². The van der Waals surface area contributed by atoms with Crippen molar-refractivity contribution in [1.29, 1.82) is 0 Å². The van der Waals surface area contributed by atoms with Crippen molar-refractivity contribution in [3.8, 4) is 17.0 Å². The third-order valence-electron chi connectivity index (χ3n) is 5.30. The first kappa shape index (κ1) is 21.0. The van der Waals surface area contributed by atoms with E-state index >= 15 is 0 Å². The van der Waals surface area contributed by atoms with Gasteiger partial charge in [-0.2, -0.15) is 4.98 Å². The molecular weight excluding hydrogens is 401 g/mol. The SMILES string of the molecule is CC.COc1ccc(-c2cc(Nc3ccnc(N4CC5CCC4CO5)n3)on2)c(F)c1. The highest BCUT2D eigenvalue weighted by Crippen LogP contribution is 2.31. The van der Waals surface area contributed by atoms with Crippen molar-refractivity contribution in [2.24, 2.45) is 0 Å². The lowest BCUT2D eigenvalue weighted by Crippen LogP contribution is -2.55. The molecule has 31 heavy (non-hydrogen) atoms. The van der Waals surface area contributed by atoms with Crippen LogP contribution in [0.15, 0.2) is 41.1 Å². The molecule has 3 aromatic rings. The molecule has 164 valence electrons. The fourth-order valence-corrected chi connectivity index (χ4v) is 3.77. The smallest absolute Gasteiger partial charge is 0.230 e. The summed E-state index contributed by atoms with van der Waals surface area (Å²) in [6.07, 6.45) is 4.12. The van der Waals surface area contributed by atoms with Crippen LogP contribution >= 0.6 is 0 Å². The predicted molar refractivity (Wildman–Crippen MR) is 115 cm³/mol. The predicted octanol–water partition coefficient (Wildman–Crippen LogP) is 4.42. The van der Waals surface area contributed by atoms with E-state index in [4.69, 9.17) is 14.0 Å². The molecule has 3 fully saturated rings. The lowest BCUT2D eigenvalue weighted by atomic mass is 9.97. The normalized spacial score (nSPS) is 19.5. The monoisotopic (exact) mass is 427 g/mol. The number of halogens is 1. The van der Waals surface area contributed by atoms with Gasteiger partial charge in [-0.3, -0.25) is 0 Å². The largest absolute Gasteiger partial charge is 0.497 e. The van der Waals surface area contributed by atoms with E-state index < -0.39 is 5.82 Å². The van der Waals surface area contributed by atoms with Crippen LogP contribution < -0.4 is 15.0 Å². The fraction of sp³-hybridized carbons (Fsp3) is 0.409. The second-order valence-electron chi connectivity index (χ2n) is 7.13. The molecule has 0 saturated carbocycles. The van der Waals surface area contributed by atoms with E-state index in [1.807, 2.05) is 13.8 Å². The standard InChI is InChI=1S/C20H20FN5O3.C2H6/c1-27-13-4-5-15(16(21)8-13)17-9-19(29-25-17)23-18-6-7-22-20(24-18)26-10-14-3-2-12(26)11-28-14;1-2/h4-9,12,14H,2-3,10-11H2,1H3,(H,22,23,24);1-2H3. The van der Waals surface area contributed by atoms with E-state index in [1.54, 1.807) is 30.5 Å². The Kier molecular flexibility index (Phi) is 6.31. The molecule has 2 bridgehead atoms. The van der Waals surface area contributed by atoms with Crippen LogP contribution in [0.5, 0.6) is 5.75 Å². The van der Waals surface area contributed by atoms with Crippen molar-refractivity contribution in [3.63, 3.8) is 0 Å². The number of ether oxygens (including phenoxy) is 2. The third-order valence-corrected chi connectivity index (χ3v) is 5.30. The Hall–Kier alpha value is -3.20. The van der Waals surface area contributed by atoms with Gasteiger partial charge in [0.15, 0.2) is 0 Å². The molecule has 3 aliphatic rings. The van der Waals surface area contributed by atoms with Crippen LogP contribution in [0, 0.1) is 5.82 Å². The van der Waals surface area contributed by atoms with Crippen molar-refractivity contribution < 1.29 is 18.4 Å². The van der Waals surface area contributed by atoms with Crippen molar-refractivity contribution in [2.45, 2.75) is 38.8 Å². The van der Waals surface area contributed by atoms with Crippen LogP contribution in [0.4, 0.5) is 22.0 Å². The van der Waals surface area contributed by atoms with Gasteiger partial charge in [-0.25, -0.2) is 9.37 Å². The second-order valence-corrected chi connectivity index (χ2v) is 7.13. The number of rotatable bonds is 5. The molecule has 2 aromatic heterocycles. The summed E-state index contributed by atoms with van der Waals surface area (Å²) in [6, 6.07) is 8.27. The average Bonchev–Trinajstić information content (AvgIpc) is 3.29. The van der Waals surface area contributed by atoms with Gasteiger partial charge in [0.2, 0.25) is 11.8 Å². The van der Waals surface area contributed by atoms with Crippen molar-refractivity contribution >= 4 is 17.7 Å². The van der Waals surface area contributed by atoms with Crippen molar-refractivity contribution in [3.05, 3.63) is 42.3 Å². The Morgan fingerprint density at radius 1 is 1.19 bits per heavy atom. The van der Waals surface area contributed by atoms with Crippen LogP contribution in [0.1, 0.15) is 26.7 Å². The Bertz CT molecular complexity index is 1020. The Morgan fingerprint density at radius 2 is 2.06 bits per heavy atom. The number of fused-ring (bicyclic) bond motifs is 3. The van der Waals surface area contributed by atoms with Gasteiger partial charge in [-0.05, 0) is 31.0 Å². The Morgan fingerprint density at radius 3 is 2.74 bits per heavy atom. The van der Waals surface area contributed by atoms with E-state index in [-0.39, 0.29) is 6.10 Å². The van der Waals surface area contributed by atoms with E-state index in [9.17, 15) is 4.39 Å². The van der Waals surface area contributed by atoms with Crippen molar-refractivity contribution in [2.75, 3.05) is 30.5 Å². The average molecular weight is 427 g/mol. The van der Waals surface area contributed by atoms with Gasteiger partial charge in [-0.1, -0.05) is 19.0 Å². The maximum atomic E-state index is 14.3. The molecule has 3 saturated heterocycles. The number of nitrogens with zero attached hydrogens (tertiary/aromatic N) is 4. The highest BCUT2D eigenvalue weighted by molar-refractivity contribution is 5.65. The van der Waals surface area contributed by atoms with Crippen LogP contribution in [-0.4, -0.2) is 47.5 Å². The number of nitrogens with one attached hydrogen (secondary N) is 1. The lowest BCUT2D eigenvalue weighted by molar-refractivity contribution is -0.0232. The molecule has 0 amide bonds. The van der Waals surface area contributed by atoms with Gasteiger partial charge in [0.1, 0.15) is 23.1 Å². The second kappa shape index (κ2) is 9.30. The molecule has 3 aliphatic heterocycles. The molecule has 1 N–H and O–H groups in total. The molecule has 0 spiro atoms. The molecule has 6 rings (SSSR count). The Balaban J connectivity index is 0.00000112. The summed E-state index contributed by atoms with van der Waals surface area (Å²) in [7, 11) is 1.49. The molecule has 8 nitrogen and oxygen atoms in total. The minimum Gasteiger partial charge on any atom is -0.497 e. The van der Waals surface area contributed by atoms with Crippen molar-refractivity contribution in [1.82, 2.24) is 15.1 Å². The summed E-state index contributed by atoms with van der Waals surface area (Å²) in [6.45, 7) is 5.52. The highest BCUT2D eigenvalue weighted by Gasteiger charge is 2.36. The first-order chi connectivity index (χ1) is 15.2. The van der Waals surface area contributed by atoms with Gasteiger partial charge in [0.25, 0.3) is 0 Å². The quantitative estimate of drug-likeness (QED) is 0.641. The number of aromatic nitrogens is 3. The van der Waals surface area contributed by atoms with Crippen LogP contribution in [-0.2, 0) is 4.74 Å². The van der Waals surface area contributed by atoms with Gasteiger partial charge in [0, 0.05) is 30.4 Å². The van der Waals surface area contributed by atoms with Crippen LogP contribution in [0.2, 0.25) is 0 Å². The minimum atomic E-state index is -0.434. The summed E-state index contributed by atoms with van der Waals surface area (Å²) in [4.78, 5) is 11.2. The molecule has 2 unspecified atom stereocenters. The molecule has 9 heteroatoms. The number of morpholine rings is 1. The van der Waals surface area contributed by atoms with E-state index in [0.29, 0.717) is 47.3 Å². The zero-order valence-corrected chi connectivity index (χ0v) is 17.8. The van der Waals surface area contributed by atoms with Gasteiger partial charge >= 0.3 is 0 Å². The highest BCUT2D eigenvalue weighted by atomic mass is 19.1. The number of hydrogen-bond acceptors (Lipinski definition) is 8. The van der Waals surface area contributed by atoms with E-state index in [2.05, 4.69) is 25.3 Å². The molecule has 1 aromatic carbocycles. The molecule has 0 aliphatic carbocycles. The fourth-order valence-electron chi connectivity index (χ4n) is 3.77. The number of methoxy groups -OCH3 is 1. The number of benzene rings is 1. The number of piperidine rings is 1. The zero-order valence-electron chi connectivity index (χ0n) is 17.8. The Labute approximate surface area is 180 Å². The summed E-state index contributed by atoms with van der Waals surface area (Å²) in [5.74, 6) is 1.61. The molecule has 5 heterocycles. The molecule has 0 radical (unpaired) electrons. The first-order valence-corrected chi connectivity index (χ1v) is 10.5. The van der Waals surface area contributed by atoms with Gasteiger partial charge in [-0.15, -0.1) is 0 Å². The lowest BCUT2D eigenvalue weighted by Gasteiger charge is -2.45. The van der Waals surface area contributed by atoms with Gasteiger partial charge in [0.05, 0.1) is 25.9 Å².